The van der Waals surface area contributed by atoms with Crippen LogP contribution in [0.25, 0.3) is 22.5 Å². The van der Waals surface area contributed by atoms with Gasteiger partial charge >= 0.3 is 0 Å². The summed E-state index contributed by atoms with van der Waals surface area (Å²) in [5, 5.41) is 8.42. The van der Waals surface area contributed by atoms with E-state index in [1.54, 1.807) is 13.3 Å². The molecule has 29 heavy (non-hydrogen) atoms. The molecule has 1 N–H and O–H groups in total. The van der Waals surface area contributed by atoms with Gasteiger partial charge in [0.2, 0.25) is 0 Å². The van der Waals surface area contributed by atoms with Gasteiger partial charge < -0.3 is 14.6 Å². The van der Waals surface area contributed by atoms with Crippen LogP contribution in [0, 0.1) is 13.8 Å². The van der Waals surface area contributed by atoms with Crippen LogP contribution in [0.5, 0.6) is 0 Å². The number of methoxy groups -OCH3 is 1. The molecule has 7 nitrogen and oxygen atoms in total. The highest BCUT2D eigenvalue weighted by molar-refractivity contribution is 5.98. The normalized spacial score (nSPS) is 10.7. The number of nitrogens with zero attached hydrogens (tertiary/aromatic N) is 4. The first-order valence-corrected chi connectivity index (χ1v) is 9.06. The van der Waals surface area contributed by atoms with E-state index < -0.39 is 0 Å². The number of rotatable bonds is 6. The van der Waals surface area contributed by atoms with E-state index in [0.717, 1.165) is 28.0 Å². The average Bonchev–Trinajstić information content (AvgIpc) is 3.16. The fourth-order valence-corrected chi connectivity index (χ4v) is 2.91. The molecule has 0 spiro atoms. The average molecular weight is 412 g/mol. The van der Waals surface area contributed by atoms with Gasteiger partial charge in [-0.05, 0) is 38.1 Å². The first-order valence-electron chi connectivity index (χ1n) is 9.06. The zero-order valence-electron chi connectivity index (χ0n) is 16.5. The number of halogens is 1. The maximum atomic E-state index is 5.50. The van der Waals surface area contributed by atoms with Crippen molar-refractivity contribution in [1.29, 1.82) is 0 Å². The number of nitrogens with one attached hydrogen (secondary N) is 1. The predicted molar refractivity (Wildman–Crippen MR) is 115 cm³/mol. The van der Waals surface area contributed by atoms with Gasteiger partial charge in [0.1, 0.15) is 0 Å². The summed E-state index contributed by atoms with van der Waals surface area (Å²) in [6.07, 6.45) is 2.31. The minimum Gasteiger partial charge on any atom is -0.384 e. The molecule has 8 heteroatoms. The number of benzene rings is 1. The molecule has 3 aromatic heterocycles. The summed E-state index contributed by atoms with van der Waals surface area (Å²) < 4.78 is 10.6. The molecule has 0 aliphatic carbocycles. The molecule has 0 saturated carbocycles. The number of aryl methyl sites for hydroxylation is 2. The van der Waals surface area contributed by atoms with Crippen LogP contribution in [0.1, 0.15) is 17.1 Å². The summed E-state index contributed by atoms with van der Waals surface area (Å²) in [5.41, 5.74) is 5.30. The van der Waals surface area contributed by atoms with Gasteiger partial charge in [0.25, 0.3) is 5.89 Å². The fraction of sp³-hybridized carbons (Fsp3) is 0.238. The minimum atomic E-state index is 0. The summed E-state index contributed by atoms with van der Waals surface area (Å²) >= 11 is 0. The van der Waals surface area contributed by atoms with Crippen molar-refractivity contribution < 1.29 is 9.26 Å². The van der Waals surface area contributed by atoms with Gasteiger partial charge in [-0.15, -0.1) is 12.4 Å². The standard InChI is InChI=1S/C21H21N5O2.ClH/c1-13-4-7-15(8-5-13)24-19-16-9-6-14(2)23-20(16)22-12-17(19)21-25-18(26-28-21)10-11-27-3;/h4-9,12H,10-11H2,1-3H3,(H,22,23,24);1H. The molecule has 0 bridgehead atoms. The van der Waals surface area contributed by atoms with E-state index in [1.165, 1.54) is 5.56 Å². The highest BCUT2D eigenvalue weighted by atomic mass is 35.5. The number of fused-ring (bicyclic) bond motifs is 1. The zero-order chi connectivity index (χ0) is 19.5. The highest BCUT2D eigenvalue weighted by Gasteiger charge is 2.17. The molecule has 0 unspecified atom stereocenters. The second kappa shape index (κ2) is 8.98. The van der Waals surface area contributed by atoms with Crippen molar-refractivity contribution in [2.24, 2.45) is 0 Å². The molecule has 4 rings (SSSR count). The molecule has 0 atom stereocenters. The Morgan fingerprint density at radius 2 is 1.83 bits per heavy atom. The number of aromatic nitrogens is 4. The number of hydrogen-bond acceptors (Lipinski definition) is 7. The first kappa shape index (κ1) is 20.7. The monoisotopic (exact) mass is 411 g/mol. The quantitative estimate of drug-likeness (QED) is 0.494. The van der Waals surface area contributed by atoms with Crippen LogP contribution in [0.3, 0.4) is 0 Å². The van der Waals surface area contributed by atoms with Crippen LogP contribution < -0.4 is 5.32 Å². The van der Waals surface area contributed by atoms with Crippen LogP contribution in [-0.4, -0.2) is 33.8 Å². The molecule has 4 aromatic rings. The molecule has 0 aliphatic heterocycles. The van der Waals surface area contributed by atoms with Crippen LogP contribution in [-0.2, 0) is 11.2 Å². The molecule has 0 saturated heterocycles. The van der Waals surface area contributed by atoms with Gasteiger partial charge in [-0.1, -0.05) is 22.9 Å². The Kier molecular flexibility index (Phi) is 6.41. The van der Waals surface area contributed by atoms with Gasteiger partial charge in [0, 0.05) is 36.5 Å². The van der Waals surface area contributed by atoms with E-state index in [1.807, 2.05) is 31.2 Å². The lowest BCUT2D eigenvalue weighted by atomic mass is 10.1. The second-order valence-electron chi connectivity index (χ2n) is 6.62. The summed E-state index contributed by atoms with van der Waals surface area (Å²) in [6, 6.07) is 12.2. The largest absolute Gasteiger partial charge is 0.384 e. The summed E-state index contributed by atoms with van der Waals surface area (Å²) in [4.78, 5) is 13.5. The number of anilines is 2. The van der Waals surface area contributed by atoms with Gasteiger partial charge in [0.15, 0.2) is 11.5 Å². The summed E-state index contributed by atoms with van der Waals surface area (Å²) in [6.45, 7) is 4.54. The van der Waals surface area contributed by atoms with Crippen molar-refractivity contribution in [3.05, 3.63) is 59.7 Å². The van der Waals surface area contributed by atoms with Crippen molar-refractivity contribution in [2.75, 3.05) is 19.0 Å². The van der Waals surface area contributed by atoms with Gasteiger partial charge in [-0.2, -0.15) is 4.98 Å². The Balaban J connectivity index is 0.00000240. The second-order valence-corrected chi connectivity index (χ2v) is 6.62. The zero-order valence-corrected chi connectivity index (χ0v) is 17.3. The van der Waals surface area contributed by atoms with Crippen LogP contribution in [0.4, 0.5) is 11.4 Å². The maximum absolute atomic E-state index is 5.50. The third kappa shape index (κ3) is 4.52. The lowest BCUT2D eigenvalue weighted by Gasteiger charge is -2.13. The Hall–Kier alpha value is -3.03. The smallest absolute Gasteiger partial charge is 0.261 e. The topological polar surface area (TPSA) is 86.0 Å². The molecule has 150 valence electrons. The lowest BCUT2D eigenvalue weighted by Crippen LogP contribution is -1.99. The summed E-state index contributed by atoms with van der Waals surface area (Å²) in [5.74, 6) is 1.01. The van der Waals surface area contributed by atoms with Crippen LogP contribution >= 0.6 is 12.4 Å². The third-order valence-electron chi connectivity index (χ3n) is 4.42. The number of hydrogen-bond donors (Lipinski definition) is 1. The molecule has 0 radical (unpaired) electrons. The number of ether oxygens (including phenoxy) is 1. The van der Waals surface area contributed by atoms with E-state index in [2.05, 4.69) is 44.5 Å². The molecule has 3 heterocycles. The van der Waals surface area contributed by atoms with Gasteiger partial charge in [0.05, 0.1) is 17.9 Å². The van der Waals surface area contributed by atoms with Crippen molar-refractivity contribution in [3.8, 4) is 11.5 Å². The Labute approximate surface area is 174 Å². The molecular weight excluding hydrogens is 390 g/mol. The predicted octanol–water partition coefficient (Wildman–Crippen LogP) is 4.65. The SMILES string of the molecule is COCCc1noc(-c2cnc3nc(C)ccc3c2Nc2ccc(C)cc2)n1.Cl. The van der Waals surface area contributed by atoms with E-state index in [9.17, 15) is 0 Å². The molecule has 0 amide bonds. The van der Waals surface area contributed by atoms with Crippen molar-refractivity contribution >= 4 is 34.8 Å². The molecule has 0 aliphatic rings. The van der Waals surface area contributed by atoms with Gasteiger partial charge in [-0.3, -0.25) is 0 Å². The third-order valence-corrected chi connectivity index (χ3v) is 4.42. The van der Waals surface area contributed by atoms with E-state index in [4.69, 9.17) is 9.26 Å². The van der Waals surface area contributed by atoms with E-state index in [-0.39, 0.29) is 12.4 Å². The van der Waals surface area contributed by atoms with Gasteiger partial charge in [-0.25, -0.2) is 9.97 Å². The first-order chi connectivity index (χ1) is 13.6. The molecular formula is C21H22ClN5O2. The number of pyridine rings is 2. The van der Waals surface area contributed by atoms with E-state index in [0.29, 0.717) is 30.4 Å². The summed E-state index contributed by atoms with van der Waals surface area (Å²) in [7, 11) is 1.65. The maximum Gasteiger partial charge on any atom is 0.261 e. The fourth-order valence-electron chi connectivity index (χ4n) is 2.91. The molecule has 0 fully saturated rings. The Morgan fingerprint density at radius 1 is 1.03 bits per heavy atom. The highest BCUT2D eigenvalue weighted by Crippen LogP contribution is 2.34. The van der Waals surface area contributed by atoms with Crippen LogP contribution in [0.15, 0.2) is 47.1 Å². The minimum absolute atomic E-state index is 0. The molecule has 1 aromatic carbocycles. The van der Waals surface area contributed by atoms with Crippen molar-refractivity contribution in [3.63, 3.8) is 0 Å². The van der Waals surface area contributed by atoms with Crippen molar-refractivity contribution in [2.45, 2.75) is 20.3 Å². The lowest BCUT2D eigenvalue weighted by molar-refractivity contribution is 0.199. The van der Waals surface area contributed by atoms with E-state index >= 15 is 0 Å². The van der Waals surface area contributed by atoms with Crippen LogP contribution in [0.2, 0.25) is 0 Å². The Morgan fingerprint density at radius 3 is 2.59 bits per heavy atom. The van der Waals surface area contributed by atoms with Crippen molar-refractivity contribution in [1.82, 2.24) is 20.1 Å². The Bertz CT molecular complexity index is 1110.